The van der Waals surface area contributed by atoms with Gasteiger partial charge in [-0.2, -0.15) is 0 Å². The molecule has 3 aromatic carbocycles. The zero-order chi connectivity index (χ0) is 17.3. The smallest absolute Gasteiger partial charge is 0.138 e. The van der Waals surface area contributed by atoms with Crippen molar-refractivity contribution in [3.63, 3.8) is 0 Å². The van der Waals surface area contributed by atoms with E-state index in [1.165, 1.54) is 16.7 Å². The molecule has 0 saturated heterocycles. The van der Waals surface area contributed by atoms with Crippen LogP contribution >= 0.6 is 24.0 Å². The highest BCUT2D eigenvalue weighted by molar-refractivity contribution is 8.29. The second-order valence-electron chi connectivity index (χ2n) is 5.51. The Morgan fingerprint density at radius 2 is 1.36 bits per heavy atom. The number of thiocarbonyl (C=S) groups is 1. The molecule has 0 bridgehead atoms. The zero-order valence-electron chi connectivity index (χ0n) is 13.8. The van der Waals surface area contributed by atoms with Gasteiger partial charge < -0.3 is 5.32 Å². The molecule has 0 aliphatic rings. The molecule has 3 aromatic rings. The van der Waals surface area contributed by atoms with Gasteiger partial charge in [0.15, 0.2) is 0 Å². The summed E-state index contributed by atoms with van der Waals surface area (Å²) in [7, 11) is 0. The fraction of sp³-hybridized carbons (Fsp3) is 0.0455. The van der Waals surface area contributed by atoms with Crippen LogP contribution in [-0.2, 0) is 6.54 Å². The summed E-state index contributed by atoms with van der Waals surface area (Å²) in [6.45, 7) is 0.736. The molecule has 0 amide bonds. The lowest BCUT2D eigenvalue weighted by Crippen LogP contribution is -2.17. The molecule has 0 fully saturated rings. The summed E-state index contributed by atoms with van der Waals surface area (Å²) in [5, 5.41) is 3.34. The van der Waals surface area contributed by atoms with Crippen molar-refractivity contribution in [2.24, 2.45) is 0 Å². The molecule has 124 valence electrons. The van der Waals surface area contributed by atoms with Crippen molar-refractivity contribution >= 4 is 39.3 Å². The van der Waals surface area contributed by atoms with Crippen molar-refractivity contribution in [3.05, 3.63) is 108 Å². The Kier molecular flexibility index (Phi) is 6.43. The lowest BCUT2D eigenvalue weighted by Gasteiger charge is -2.11. The molecule has 3 heteroatoms. The van der Waals surface area contributed by atoms with Crippen molar-refractivity contribution in [2.75, 3.05) is 0 Å². The third kappa shape index (κ3) is 5.59. The fourth-order valence-electron chi connectivity index (χ4n) is 2.38. The minimum atomic E-state index is 0.736. The van der Waals surface area contributed by atoms with Gasteiger partial charge in [-0.3, -0.25) is 0 Å². The SMILES string of the molecule is S=C(NCc1ccccc1)SC(=Cc1ccccc1)c1ccccc1. The summed E-state index contributed by atoms with van der Waals surface area (Å²) in [5.74, 6) is 0. The standard InChI is InChI=1S/C22H19NS2/c24-22(23-17-19-12-6-2-7-13-19)25-21(20-14-8-3-9-15-20)16-18-10-4-1-5-11-18/h1-16H,17H2,(H,23,24). The minimum absolute atomic E-state index is 0.736. The number of nitrogens with one attached hydrogen (secondary N) is 1. The molecule has 0 aromatic heterocycles. The van der Waals surface area contributed by atoms with Crippen molar-refractivity contribution in [1.29, 1.82) is 0 Å². The maximum atomic E-state index is 5.56. The molecule has 0 heterocycles. The number of hydrogen-bond acceptors (Lipinski definition) is 2. The number of benzene rings is 3. The van der Waals surface area contributed by atoms with Gasteiger partial charge in [0.05, 0.1) is 0 Å². The van der Waals surface area contributed by atoms with Gasteiger partial charge in [-0.1, -0.05) is 115 Å². The third-order valence-corrected chi connectivity index (χ3v) is 4.94. The van der Waals surface area contributed by atoms with Crippen LogP contribution in [0.5, 0.6) is 0 Å². The van der Waals surface area contributed by atoms with E-state index in [1.54, 1.807) is 11.8 Å². The monoisotopic (exact) mass is 361 g/mol. The van der Waals surface area contributed by atoms with Crippen LogP contribution in [0, 0.1) is 0 Å². The van der Waals surface area contributed by atoms with Crippen LogP contribution in [0.15, 0.2) is 91.0 Å². The lowest BCUT2D eigenvalue weighted by atomic mass is 10.1. The van der Waals surface area contributed by atoms with Gasteiger partial charge in [0.25, 0.3) is 0 Å². The van der Waals surface area contributed by atoms with Gasteiger partial charge in [-0.25, -0.2) is 0 Å². The molecule has 1 N–H and O–H groups in total. The van der Waals surface area contributed by atoms with Crippen LogP contribution in [-0.4, -0.2) is 4.32 Å². The van der Waals surface area contributed by atoms with Gasteiger partial charge in [-0.15, -0.1) is 0 Å². The first-order valence-electron chi connectivity index (χ1n) is 8.13. The van der Waals surface area contributed by atoms with E-state index in [-0.39, 0.29) is 0 Å². The van der Waals surface area contributed by atoms with E-state index in [9.17, 15) is 0 Å². The summed E-state index contributed by atoms with van der Waals surface area (Å²) in [6, 6.07) is 31.0. The Morgan fingerprint density at radius 3 is 2.00 bits per heavy atom. The van der Waals surface area contributed by atoms with Gasteiger partial charge in [-0.05, 0) is 22.8 Å². The number of rotatable bonds is 5. The summed E-state index contributed by atoms with van der Waals surface area (Å²) in [5.41, 5.74) is 3.55. The highest BCUT2D eigenvalue weighted by atomic mass is 32.2. The molecule has 0 unspecified atom stereocenters. The molecule has 0 radical (unpaired) electrons. The fourth-order valence-corrected chi connectivity index (χ4v) is 3.52. The summed E-state index contributed by atoms with van der Waals surface area (Å²) >= 11 is 7.15. The summed E-state index contributed by atoms with van der Waals surface area (Å²) in [4.78, 5) is 1.14. The van der Waals surface area contributed by atoms with E-state index >= 15 is 0 Å². The van der Waals surface area contributed by atoms with Crippen LogP contribution in [0.3, 0.4) is 0 Å². The van der Waals surface area contributed by atoms with E-state index < -0.39 is 0 Å². The maximum Gasteiger partial charge on any atom is 0.138 e. The Bertz CT molecular complexity index is 828. The van der Waals surface area contributed by atoms with Crippen LogP contribution in [0.2, 0.25) is 0 Å². The van der Waals surface area contributed by atoms with Crippen LogP contribution in [0.25, 0.3) is 11.0 Å². The molecule has 0 aliphatic heterocycles. The van der Waals surface area contributed by atoms with E-state index in [2.05, 4.69) is 59.9 Å². The topological polar surface area (TPSA) is 12.0 Å². The Balaban J connectivity index is 1.74. The van der Waals surface area contributed by atoms with Crippen LogP contribution in [0.1, 0.15) is 16.7 Å². The molecule has 0 saturated carbocycles. The largest absolute Gasteiger partial charge is 0.367 e. The Labute approximate surface area is 158 Å². The van der Waals surface area contributed by atoms with Gasteiger partial charge in [0.1, 0.15) is 4.32 Å². The second kappa shape index (κ2) is 9.21. The van der Waals surface area contributed by atoms with Crippen LogP contribution in [0.4, 0.5) is 0 Å². The molecule has 0 spiro atoms. The average molecular weight is 362 g/mol. The average Bonchev–Trinajstić information content (AvgIpc) is 2.68. The van der Waals surface area contributed by atoms with Crippen molar-refractivity contribution < 1.29 is 0 Å². The molecular formula is C22H19NS2. The first kappa shape index (κ1) is 17.5. The van der Waals surface area contributed by atoms with Crippen LogP contribution < -0.4 is 5.32 Å². The van der Waals surface area contributed by atoms with Crippen molar-refractivity contribution in [3.8, 4) is 0 Å². The first-order valence-corrected chi connectivity index (χ1v) is 9.35. The molecule has 0 atom stereocenters. The summed E-state index contributed by atoms with van der Waals surface area (Å²) in [6.07, 6.45) is 2.18. The predicted molar refractivity (Wildman–Crippen MR) is 114 cm³/mol. The highest BCUT2D eigenvalue weighted by Gasteiger charge is 2.07. The van der Waals surface area contributed by atoms with Gasteiger partial charge in [0.2, 0.25) is 0 Å². The number of hydrogen-bond donors (Lipinski definition) is 1. The van der Waals surface area contributed by atoms with Gasteiger partial charge in [0, 0.05) is 11.4 Å². The normalized spacial score (nSPS) is 11.1. The van der Waals surface area contributed by atoms with Crippen molar-refractivity contribution in [1.82, 2.24) is 5.32 Å². The van der Waals surface area contributed by atoms with Gasteiger partial charge >= 0.3 is 0 Å². The minimum Gasteiger partial charge on any atom is -0.367 e. The maximum absolute atomic E-state index is 5.56. The molecule has 25 heavy (non-hydrogen) atoms. The first-order chi connectivity index (χ1) is 12.3. The van der Waals surface area contributed by atoms with E-state index in [0.717, 1.165) is 15.8 Å². The molecule has 0 aliphatic carbocycles. The summed E-state index contributed by atoms with van der Waals surface area (Å²) < 4.78 is 0.773. The Morgan fingerprint density at radius 1 is 0.800 bits per heavy atom. The lowest BCUT2D eigenvalue weighted by molar-refractivity contribution is 0.940. The van der Waals surface area contributed by atoms with E-state index in [4.69, 9.17) is 12.2 Å². The Hall–Kier alpha value is -2.36. The highest BCUT2D eigenvalue weighted by Crippen LogP contribution is 2.30. The second-order valence-corrected chi connectivity index (χ2v) is 7.23. The molecule has 1 nitrogen and oxygen atoms in total. The quantitative estimate of drug-likeness (QED) is 0.443. The van der Waals surface area contributed by atoms with Crippen molar-refractivity contribution in [2.45, 2.75) is 6.54 Å². The van der Waals surface area contributed by atoms with E-state index in [0.29, 0.717) is 0 Å². The van der Waals surface area contributed by atoms with E-state index in [1.807, 2.05) is 42.5 Å². The predicted octanol–water partition coefficient (Wildman–Crippen LogP) is 5.99. The zero-order valence-corrected chi connectivity index (χ0v) is 15.4. The molecular weight excluding hydrogens is 342 g/mol. The third-order valence-electron chi connectivity index (χ3n) is 3.64. The number of thioether (sulfide) groups is 1. The molecule has 3 rings (SSSR count).